The van der Waals surface area contributed by atoms with E-state index in [1.807, 2.05) is 37.3 Å². The van der Waals surface area contributed by atoms with Gasteiger partial charge in [-0.05, 0) is 84.4 Å². The van der Waals surface area contributed by atoms with Gasteiger partial charge < -0.3 is 18.9 Å². The molecule has 3 aromatic rings. The largest absolute Gasteiger partial charge is 0.497 e. The van der Waals surface area contributed by atoms with Crippen molar-refractivity contribution in [3.05, 3.63) is 87.0 Å². The van der Waals surface area contributed by atoms with Gasteiger partial charge in [0.05, 0.1) is 37.5 Å². The molecule has 204 valence electrons. The highest BCUT2D eigenvalue weighted by molar-refractivity contribution is 9.10. The zero-order chi connectivity index (χ0) is 27.8. The molecule has 0 bridgehead atoms. The van der Waals surface area contributed by atoms with Gasteiger partial charge >= 0.3 is 0 Å². The number of amides is 1. The fourth-order valence-corrected chi connectivity index (χ4v) is 5.12. The van der Waals surface area contributed by atoms with Gasteiger partial charge in [-0.3, -0.25) is 9.69 Å². The number of amidine groups is 1. The van der Waals surface area contributed by atoms with E-state index < -0.39 is 0 Å². The SMILES string of the molecule is CCOc1cc(/C=C2\SC(=Nc3ccc(OC)cc3)N(CCOC)C2=O)c(Br)cc1OCc1ccc(F)cc1. The Kier molecular flexibility index (Phi) is 10.0. The van der Waals surface area contributed by atoms with Crippen LogP contribution < -0.4 is 14.2 Å². The van der Waals surface area contributed by atoms with E-state index in [0.717, 1.165) is 21.3 Å². The summed E-state index contributed by atoms with van der Waals surface area (Å²) in [6.45, 7) is 3.31. The Balaban J connectivity index is 1.61. The Morgan fingerprint density at radius 1 is 1.03 bits per heavy atom. The standard InChI is InChI=1S/C29H28BrFN2O5S/c1-4-37-25-15-20(24(30)17-26(25)38-18-19-5-7-21(31)8-6-19)16-27-28(34)33(13-14-35-2)29(39-27)32-22-9-11-23(36-3)12-10-22/h5-12,15-17H,4,13-14,18H2,1-3H3/b27-16-,32-29?. The van der Waals surface area contributed by atoms with E-state index in [-0.39, 0.29) is 18.3 Å². The van der Waals surface area contributed by atoms with Crippen molar-refractivity contribution in [1.82, 2.24) is 4.90 Å². The van der Waals surface area contributed by atoms with E-state index in [4.69, 9.17) is 23.9 Å². The van der Waals surface area contributed by atoms with Crippen LogP contribution in [0.3, 0.4) is 0 Å². The summed E-state index contributed by atoms with van der Waals surface area (Å²) in [5.41, 5.74) is 2.28. The Hall–Kier alpha value is -3.34. The molecule has 0 N–H and O–H groups in total. The Labute approximate surface area is 239 Å². The molecule has 1 amide bonds. The van der Waals surface area contributed by atoms with Crippen LogP contribution in [0.4, 0.5) is 10.1 Å². The van der Waals surface area contributed by atoms with Crippen molar-refractivity contribution in [2.45, 2.75) is 13.5 Å². The van der Waals surface area contributed by atoms with Gasteiger partial charge in [-0.2, -0.15) is 0 Å². The monoisotopic (exact) mass is 614 g/mol. The average Bonchev–Trinajstić information content (AvgIpc) is 3.22. The van der Waals surface area contributed by atoms with Crippen LogP contribution in [-0.4, -0.2) is 50.0 Å². The van der Waals surface area contributed by atoms with Gasteiger partial charge in [0.15, 0.2) is 16.7 Å². The number of nitrogens with zero attached hydrogens (tertiary/aromatic N) is 2. The molecule has 39 heavy (non-hydrogen) atoms. The molecule has 1 saturated heterocycles. The maximum Gasteiger partial charge on any atom is 0.266 e. The molecule has 0 atom stereocenters. The maximum absolute atomic E-state index is 13.4. The van der Waals surface area contributed by atoms with Crippen molar-refractivity contribution in [3.8, 4) is 17.2 Å². The third-order valence-electron chi connectivity index (χ3n) is 5.66. The number of hydrogen-bond donors (Lipinski definition) is 0. The first-order valence-electron chi connectivity index (χ1n) is 12.2. The lowest BCUT2D eigenvalue weighted by Crippen LogP contribution is -2.32. The van der Waals surface area contributed by atoms with Crippen molar-refractivity contribution in [2.24, 2.45) is 4.99 Å². The third kappa shape index (κ3) is 7.40. The van der Waals surface area contributed by atoms with Crippen molar-refractivity contribution >= 4 is 50.5 Å². The van der Waals surface area contributed by atoms with Gasteiger partial charge in [-0.25, -0.2) is 9.38 Å². The highest BCUT2D eigenvalue weighted by atomic mass is 79.9. The first kappa shape index (κ1) is 28.7. The Morgan fingerprint density at radius 2 is 1.74 bits per heavy atom. The molecule has 0 spiro atoms. The summed E-state index contributed by atoms with van der Waals surface area (Å²) in [5, 5.41) is 0.564. The summed E-state index contributed by atoms with van der Waals surface area (Å²) in [5.74, 6) is 1.33. The fraction of sp³-hybridized carbons (Fsp3) is 0.241. The molecule has 0 radical (unpaired) electrons. The molecule has 0 aliphatic carbocycles. The highest BCUT2D eigenvalue weighted by Crippen LogP contribution is 2.39. The van der Waals surface area contributed by atoms with Crippen molar-refractivity contribution in [3.63, 3.8) is 0 Å². The van der Waals surface area contributed by atoms with Gasteiger partial charge in [0.1, 0.15) is 18.2 Å². The fourth-order valence-electron chi connectivity index (χ4n) is 3.66. The second kappa shape index (κ2) is 13.6. The second-order valence-electron chi connectivity index (χ2n) is 8.32. The number of carbonyl (C=O) groups is 1. The van der Waals surface area contributed by atoms with Crippen LogP contribution in [0.15, 0.2) is 75.0 Å². The zero-order valence-corrected chi connectivity index (χ0v) is 24.2. The van der Waals surface area contributed by atoms with Gasteiger partial charge in [0.2, 0.25) is 0 Å². The number of ether oxygens (including phenoxy) is 4. The predicted molar refractivity (Wildman–Crippen MR) is 155 cm³/mol. The number of benzene rings is 3. The summed E-state index contributed by atoms with van der Waals surface area (Å²) >= 11 is 4.90. The van der Waals surface area contributed by atoms with Crippen LogP contribution in [0.2, 0.25) is 0 Å². The molecule has 3 aromatic carbocycles. The van der Waals surface area contributed by atoms with Crippen LogP contribution in [0.5, 0.6) is 17.2 Å². The number of carbonyl (C=O) groups excluding carboxylic acids is 1. The summed E-state index contributed by atoms with van der Waals surface area (Å²) < 4.78 is 36.2. The van der Waals surface area contributed by atoms with Crippen LogP contribution in [-0.2, 0) is 16.1 Å². The second-order valence-corrected chi connectivity index (χ2v) is 10.2. The molecule has 0 saturated carbocycles. The number of methoxy groups -OCH3 is 2. The van der Waals surface area contributed by atoms with Crippen LogP contribution in [0, 0.1) is 5.82 Å². The number of rotatable bonds is 11. The molecule has 1 aliphatic heterocycles. The highest BCUT2D eigenvalue weighted by Gasteiger charge is 2.33. The zero-order valence-electron chi connectivity index (χ0n) is 21.8. The average molecular weight is 616 g/mol. The molecule has 1 heterocycles. The molecule has 0 aromatic heterocycles. The lowest BCUT2D eigenvalue weighted by molar-refractivity contribution is -0.122. The summed E-state index contributed by atoms with van der Waals surface area (Å²) in [7, 11) is 3.20. The first-order chi connectivity index (χ1) is 18.9. The molecular weight excluding hydrogens is 587 g/mol. The summed E-state index contributed by atoms with van der Waals surface area (Å²) in [6.07, 6.45) is 1.81. The van der Waals surface area contributed by atoms with E-state index in [1.54, 1.807) is 43.4 Å². The lowest BCUT2D eigenvalue weighted by atomic mass is 10.1. The lowest BCUT2D eigenvalue weighted by Gasteiger charge is -2.15. The van der Waals surface area contributed by atoms with Crippen molar-refractivity contribution < 1.29 is 28.1 Å². The molecular formula is C29H28BrFN2O5S. The number of hydrogen-bond acceptors (Lipinski definition) is 7. The molecule has 4 rings (SSSR count). The Bertz CT molecular complexity index is 1360. The molecule has 1 fully saturated rings. The predicted octanol–water partition coefficient (Wildman–Crippen LogP) is 6.82. The topological polar surface area (TPSA) is 69.6 Å². The molecule has 1 aliphatic rings. The van der Waals surface area contributed by atoms with Crippen molar-refractivity contribution in [2.75, 3.05) is 34.0 Å². The Morgan fingerprint density at radius 3 is 2.41 bits per heavy atom. The minimum Gasteiger partial charge on any atom is -0.497 e. The first-order valence-corrected chi connectivity index (χ1v) is 13.8. The minimum absolute atomic E-state index is 0.161. The van der Waals surface area contributed by atoms with Gasteiger partial charge in [0.25, 0.3) is 5.91 Å². The van der Waals surface area contributed by atoms with Crippen LogP contribution >= 0.6 is 27.7 Å². The minimum atomic E-state index is -0.300. The molecule has 7 nitrogen and oxygen atoms in total. The number of halogens is 2. The summed E-state index contributed by atoms with van der Waals surface area (Å²) in [4.78, 5) is 20.2. The van der Waals surface area contributed by atoms with Gasteiger partial charge in [-0.1, -0.05) is 28.1 Å². The third-order valence-corrected chi connectivity index (χ3v) is 7.35. The van der Waals surface area contributed by atoms with Gasteiger partial charge in [-0.15, -0.1) is 0 Å². The molecule has 10 heteroatoms. The maximum atomic E-state index is 13.4. The van der Waals surface area contributed by atoms with E-state index >= 15 is 0 Å². The normalized spacial score (nSPS) is 15.3. The van der Waals surface area contributed by atoms with E-state index in [9.17, 15) is 9.18 Å². The van der Waals surface area contributed by atoms with Crippen molar-refractivity contribution in [1.29, 1.82) is 0 Å². The van der Waals surface area contributed by atoms with Crippen LogP contribution in [0.25, 0.3) is 6.08 Å². The summed E-state index contributed by atoms with van der Waals surface area (Å²) in [6, 6.07) is 17.1. The van der Waals surface area contributed by atoms with Crippen LogP contribution in [0.1, 0.15) is 18.1 Å². The smallest absolute Gasteiger partial charge is 0.266 e. The van der Waals surface area contributed by atoms with E-state index in [0.29, 0.717) is 47.0 Å². The quantitative estimate of drug-likeness (QED) is 0.221. The molecule has 0 unspecified atom stereocenters. The van der Waals surface area contributed by atoms with E-state index in [1.165, 1.54) is 23.9 Å². The van der Waals surface area contributed by atoms with Gasteiger partial charge in [0, 0.05) is 11.6 Å². The van der Waals surface area contributed by atoms with E-state index in [2.05, 4.69) is 15.9 Å². The number of thioether (sulfide) groups is 1. The number of aliphatic imine (C=N–C) groups is 1.